The third kappa shape index (κ3) is 3.01. The van der Waals surface area contributed by atoms with Crippen molar-refractivity contribution in [3.8, 4) is 16.8 Å². The molecule has 0 spiro atoms. The van der Waals surface area contributed by atoms with E-state index in [9.17, 15) is 0 Å². The predicted molar refractivity (Wildman–Crippen MR) is 170 cm³/mol. The Hall–Kier alpha value is -3.88. The lowest BCUT2D eigenvalue weighted by Crippen LogP contribution is -2.16. The zero-order valence-corrected chi connectivity index (χ0v) is 23.9. The van der Waals surface area contributed by atoms with E-state index in [1.807, 2.05) is 11.3 Å². The number of fused-ring (bicyclic) bond motifs is 11. The summed E-state index contributed by atoms with van der Waals surface area (Å²) in [4.78, 5) is 0. The molecular formula is C37H31NS. The number of hydrogen-bond donors (Lipinski definition) is 0. The van der Waals surface area contributed by atoms with E-state index in [4.69, 9.17) is 0 Å². The highest BCUT2D eigenvalue weighted by molar-refractivity contribution is 7.26. The lowest BCUT2D eigenvalue weighted by Gasteiger charge is -2.23. The van der Waals surface area contributed by atoms with Crippen molar-refractivity contribution in [3.63, 3.8) is 0 Å². The van der Waals surface area contributed by atoms with Crippen LogP contribution in [0.25, 0.3) is 58.8 Å². The van der Waals surface area contributed by atoms with Gasteiger partial charge in [0.15, 0.2) is 0 Å². The minimum absolute atomic E-state index is 0.0900. The van der Waals surface area contributed by atoms with Gasteiger partial charge < -0.3 is 4.57 Å². The van der Waals surface area contributed by atoms with Crippen LogP contribution in [-0.4, -0.2) is 4.57 Å². The van der Waals surface area contributed by atoms with Crippen molar-refractivity contribution < 1.29 is 0 Å². The molecule has 2 aromatic heterocycles. The number of para-hydroxylation sites is 1. The fourth-order valence-electron chi connectivity index (χ4n) is 6.99. The average molecular weight is 522 g/mol. The minimum atomic E-state index is -0.0900. The van der Waals surface area contributed by atoms with Crippen molar-refractivity contribution in [1.29, 1.82) is 0 Å². The molecule has 190 valence electrons. The zero-order valence-electron chi connectivity index (χ0n) is 23.1. The highest BCUT2D eigenvalue weighted by atomic mass is 32.1. The van der Waals surface area contributed by atoms with Crippen molar-refractivity contribution in [2.24, 2.45) is 0 Å². The molecule has 1 nitrogen and oxygen atoms in total. The summed E-state index contributed by atoms with van der Waals surface area (Å²) in [6.07, 6.45) is 0. The Bertz CT molecular complexity index is 2110. The van der Waals surface area contributed by atoms with Crippen LogP contribution in [0.5, 0.6) is 0 Å². The van der Waals surface area contributed by atoms with E-state index in [0.29, 0.717) is 0 Å². The Balaban J connectivity index is 1.57. The summed E-state index contributed by atoms with van der Waals surface area (Å²) in [6.45, 7) is 11.7. The van der Waals surface area contributed by atoms with Crippen LogP contribution in [0, 0.1) is 0 Å². The second-order valence-electron chi connectivity index (χ2n) is 12.6. The summed E-state index contributed by atoms with van der Waals surface area (Å²) in [5.41, 5.74) is 10.8. The molecule has 0 aliphatic heterocycles. The third-order valence-electron chi connectivity index (χ3n) is 8.93. The van der Waals surface area contributed by atoms with Crippen LogP contribution in [0.15, 0.2) is 97.1 Å². The van der Waals surface area contributed by atoms with Crippen LogP contribution in [0.3, 0.4) is 0 Å². The Morgan fingerprint density at radius 2 is 1.44 bits per heavy atom. The summed E-state index contributed by atoms with van der Waals surface area (Å²) < 4.78 is 5.28. The quantitative estimate of drug-likeness (QED) is 0.202. The monoisotopic (exact) mass is 521 g/mol. The highest BCUT2D eigenvalue weighted by Gasteiger charge is 2.38. The summed E-state index contributed by atoms with van der Waals surface area (Å²) in [6, 6.07) is 36.4. The Kier molecular flexibility index (Phi) is 4.50. The van der Waals surface area contributed by atoms with Gasteiger partial charge in [0.2, 0.25) is 0 Å². The van der Waals surface area contributed by atoms with Crippen molar-refractivity contribution >= 4 is 53.3 Å². The molecule has 1 aliphatic rings. The van der Waals surface area contributed by atoms with Gasteiger partial charge in [-0.2, -0.15) is 0 Å². The SMILES string of the molecule is CC(C)(C)c1ccc2sc3c(ccc4c3c3ccc5c(c3n4-c3ccccc3)C(C)(C)c3ccccc3-5)c2c1. The second kappa shape index (κ2) is 7.61. The van der Waals surface area contributed by atoms with Crippen molar-refractivity contribution in [1.82, 2.24) is 4.57 Å². The lowest BCUT2D eigenvalue weighted by atomic mass is 9.81. The summed E-state index contributed by atoms with van der Waals surface area (Å²) in [5, 5.41) is 5.46. The van der Waals surface area contributed by atoms with Crippen molar-refractivity contribution in [2.75, 3.05) is 0 Å². The Morgan fingerprint density at radius 3 is 2.23 bits per heavy atom. The fraction of sp³-hybridized carbons (Fsp3) is 0.189. The number of nitrogens with zero attached hydrogens (tertiary/aromatic N) is 1. The van der Waals surface area contributed by atoms with E-state index in [1.165, 1.54) is 75.5 Å². The molecule has 0 saturated heterocycles. The van der Waals surface area contributed by atoms with Gasteiger partial charge in [0.1, 0.15) is 0 Å². The van der Waals surface area contributed by atoms with E-state index in [2.05, 4.69) is 136 Å². The van der Waals surface area contributed by atoms with Crippen LogP contribution in [-0.2, 0) is 10.8 Å². The molecule has 5 aromatic carbocycles. The number of rotatable bonds is 1. The van der Waals surface area contributed by atoms with Gasteiger partial charge in [-0.1, -0.05) is 101 Å². The minimum Gasteiger partial charge on any atom is -0.309 e. The first-order valence-corrected chi connectivity index (χ1v) is 14.7. The van der Waals surface area contributed by atoms with Gasteiger partial charge in [-0.15, -0.1) is 11.3 Å². The number of hydrogen-bond acceptors (Lipinski definition) is 1. The average Bonchev–Trinajstić information content (AvgIpc) is 3.54. The standard InChI is InChI=1S/C37H31NS/c1-36(2,3)22-15-20-31-28(21-22)26-18-19-30-32(35(26)39-31)27-17-16-25-24-13-9-10-14-29(24)37(4,5)33(25)34(27)38(30)23-11-7-6-8-12-23/h6-21H,1-5H3. The molecule has 0 saturated carbocycles. The maximum absolute atomic E-state index is 2.53. The number of thiophene rings is 1. The topological polar surface area (TPSA) is 4.93 Å². The normalized spacial score (nSPS) is 14.5. The van der Waals surface area contributed by atoms with Crippen molar-refractivity contribution in [3.05, 3.63) is 114 Å². The molecule has 0 radical (unpaired) electrons. The molecule has 0 amide bonds. The van der Waals surface area contributed by atoms with Gasteiger partial charge in [-0.25, -0.2) is 0 Å². The molecule has 2 heteroatoms. The molecule has 0 fully saturated rings. The van der Waals surface area contributed by atoms with Gasteiger partial charge in [0.25, 0.3) is 0 Å². The molecule has 2 heterocycles. The van der Waals surface area contributed by atoms with E-state index < -0.39 is 0 Å². The molecule has 0 atom stereocenters. The van der Waals surface area contributed by atoms with Crippen LogP contribution < -0.4 is 0 Å². The first-order valence-electron chi connectivity index (χ1n) is 13.9. The van der Waals surface area contributed by atoms with E-state index in [1.54, 1.807) is 0 Å². The predicted octanol–water partition coefficient (Wildman–Crippen LogP) is 10.8. The van der Waals surface area contributed by atoms with Gasteiger partial charge in [0.05, 0.1) is 11.0 Å². The molecule has 8 rings (SSSR count). The highest BCUT2D eigenvalue weighted by Crippen LogP contribution is 2.54. The van der Waals surface area contributed by atoms with Gasteiger partial charge in [0, 0.05) is 42.0 Å². The second-order valence-corrected chi connectivity index (χ2v) is 13.7. The van der Waals surface area contributed by atoms with Crippen LogP contribution in [0.4, 0.5) is 0 Å². The maximum atomic E-state index is 2.53. The molecular weight excluding hydrogens is 490 g/mol. The van der Waals surface area contributed by atoms with Gasteiger partial charge in [-0.3, -0.25) is 0 Å². The number of aromatic nitrogens is 1. The van der Waals surface area contributed by atoms with Gasteiger partial charge >= 0.3 is 0 Å². The number of benzene rings is 5. The van der Waals surface area contributed by atoms with E-state index in [-0.39, 0.29) is 10.8 Å². The largest absolute Gasteiger partial charge is 0.309 e. The smallest absolute Gasteiger partial charge is 0.0588 e. The van der Waals surface area contributed by atoms with Gasteiger partial charge in [-0.05, 0) is 63.6 Å². The molecule has 1 aliphatic carbocycles. The summed E-state index contributed by atoms with van der Waals surface area (Å²) >= 11 is 1.94. The van der Waals surface area contributed by atoms with Crippen LogP contribution in [0.2, 0.25) is 0 Å². The summed E-state index contributed by atoms with van der Waals surface area (Å²) in [5.74, 6) is 0. The first-order chi connectivity index (χ1) is 18.7. The lowest BCUT2D eigenvalue weighted by molar-refractivity contribution is 0.591. The first kappa shape index (κ1) is 23.0. The van der Waals surface area contributed by atoms with E-state index in [0.717, 1.165) is 0 Å². The molecule has 0 bridgehead atoms. The molecule has 39 heavy (non-hydrogen) atoms. The maximum Gasteiger partial charge on any atom is 0.0588 e. The molecule has 0 N–H and O–H groups in total. The van der Waals surface area contributed by atoms with E-state index >= 15 is 0 Å². The molecule has 7 aromatic rings. The fourth-order valence-corrected chi connectivity index (χ4v) is 8.23. The molecule has 0 unspecified atom stereocenters. The Morgan fingerprint density at radius 1 is 0.692 bits per heavy atom. The summed E-state index contributed by atoms with van der Waals surface area (Å²) in [7, 11) is 0. The van der Waals surface area contributed by atoms with Crippen LogP contribution >= 0.6 is 11.3 Å². The zero-order chi connectivity index (χ0) is 26.7. The third-order valence-corrected chi connectivity index (χ3v) is 10.1. The van der Waals surface area contributed by atoms with Crippen LogP contribution in [0.1, 0.15) is 51.3 Å². The Labute approximate surface area is 233 Å². The van der Waals surface area contributed by atoms with Crippen molar-refractivity contribution in [2.45, 2.75) is 45.4 Å².